The van der Waals surface area contributed by atoms with E-state index in [4.69, 9.17) is 4.74 Å². The number of rotatable bonds is 3. The van der Waals surface area contributed by atoms with Gasteiger partial charge in [-0.1, -0.05) is 0 Å². The molecule has 2 unspecified atom stereocenters. The van der Waals surface area contributed by atoms with E-state index in [0.717, 1.165) is 42.4 Å². The van der Waals surface area contributed by atoms with Gasteiger partial charge < -0.3 is 25.3 Å². The first kappa shape index (κ1) is 17.4. The molecule has 7 nitrogen and oxygen atoms in total. The maximum atomic E-state index is 11.9. The molecule has 0 spiro atoms. The van der Waals surface area contributed by atoms with E-state index in [0.29, 0.717) is 0 Å². The average Bonchev–Trinajstić information content (AvgIpc) is 2.85. The van der Waals surface area contributed by atoms with Crippen LogP contribution in [-0.2, 0) is 4.74 Å². The molecular formula is C18H26N4O3. The lowest BCUT2D eigenvalue weighted by Gasteiger charge is -2.31. The third-order valence-electron chi connectivity index (χ3n) is 4.28. The summed E-state index contributed by atoms with van der Waals surface area (Å²) in [5.74, 6) is 0. The minimum atomic E-state index is -0.487. The molecule has 0 bridgehead atoms. The predicted molar refractivity (Wildman–Crippen MR) is 98.0 cm³/mol. The molecule has 3 rings (SSSR count). The lowest BCUT2D eigenvalue weighted by Crippen LogP contribution is -2.43. The largest absolute Gasteiger partial charge is 0.444 e. The van der Waals surface area contributed by atoms with Crippen molar-refractivity contribution in [2.24, 2.45) is 0 Å². The number of benzene rings is 1. The lowest BCUT2D eigenvalue weighted by molar-refractivity contribution is 0.0492. The summed E-state index contributed by atoms with van der Waals surface area (Å²) in [7, 11) is 0. The molecule has 2 aromatic rings. The van der Waals surface area contributed by atoms with Gasteiger partial charge in [0.15, 0.2) is 0 Å². The zero-order valence-corrected chi connectivity index (χ0v) is 14.9. The Morgan fingerprint density at radius 3 is 2.64 bits per heavy atom. The van der Waals surface area contributed by atoms with Crippen molar-refractivity contribution < 1.29 is 9.53 Å². The van der Waals surface area contributed by atoms with Gasteiger partial charge in [0.2, 0.25) is 0 Å². The number of ether oxygens (including phenoxy) is 1. The highest BCUT2D eigenvalue weighted by molar-refractivity contribution is 5.78. The summed E-state index contributed by atoms with van der Waals surface area (Å²) in [5.41, 5.74) is 1.86. The highest BCUT2D eigenvalue weighted by Gasteiger charge is 2.25. The van der Waals surface area contributed by atoms with E-state index in [1.54, 1.807) is 0 Å². The predicted octanol–water partition coefficient (Wildman–Crippen LogP) is 3.10. The number of H-pyrrole nitrogens is 2. The SMILES string of the molecule is CC(C)(C)OC(=O)NC1CCCC(Nc2ccc3[nH]c(=O)[nH]c3c2)C1. The smallest absolute Gasteiger partial charge is 0.407 e. The quantitative estimate of drug-likeness (QED) is 0.686. The number of imidazole rings is 1. The van der Waals surface area contributed by atoms with Gasteiger partial charge in [-0.2, -0.15) is 0 Å². The number of carbonyl (C=O) groups excluding carboxylic acids is 1. The highest BCUT2D eigenvalue weighted by Crippen LogP contribution is 2.24. The van der Waals surface area contributed by atoms with Crippen molar-refractivity contribution in [1.82, 2.24) is 15.3 Å². The summed E-state index contributed by atoms with van der Waals surface area (Å²) >= 11 is 0. The first-order valence-electron chi connectivity index (χ1n) is 8.76. The van der Waals surface area contributed by atoms with Gasteiger partial charge in [0, 0.05) is 17.8 Å². The van der Waals surface area contributed by atoms with Crippen molar-refractivity contribution in [2.45, 2.75) is 64.1 Å². The molecule has 1 saturated carbocycles. The summed E-state index contributed by atoms with van der Waals surface area (Å²) in [5, 5.41) is 6.48. The number of nitrogens with one attached hydrogen (secondary N) is 4. The Labute approximate surface area is 146 Å². The van der Waals surface area contributed by atoms with Crippen molar-refractivity contribution in [1.29, 1.82) is 0 Å². The fourth-order valence-electron chi connectivity index (χ4n) is 3.28. The zero-order chi connectivity index (χ0) is 18.0. The van der Waals surface area contributed by atoms with Crippen LogP contribution in [0.3, 0.4) is 0 Å². The van der Waals surface area contributed by atoms with Gasteiger partial charge >= 0.3 is 11.8 Å². The van der Waals surface area contributed by atoms with Crippen LogP contribution >= 0.6 is 0 Å². The molecule has 0 aliphatic heterocycles. The number of hydrogen-bond acceptors (Lipinski definition) is 4. The van der Waals surface area contributed by atoms with Gasteiger partial charge in [0.1, 0.15) is 5.60 Å². The average molecular weight is 346 g/mol. The van der Waals surface area contributed by atoms with E-state index in [1.165, 1.54) is 0 Å². The fourth-order valence-corrected chi connectivity index (χ4v) is 3.28. The Kier molecular flexibility index (Phi) is 4.74. The van der Waals surface area contributed by atoms with Crippen LogP contribution < -0.4 is 16.3 Å². The summed E-state index contributed by atoms with van der Waals surface area (Å²) in [6.45, 7) is 5.58. The number of fused-ring (bicyclic) bond motifs is 1. The maximum absolute atomic E-state index is 11.9. The molecule has 1 heterocycles. The first-order chi connectivity index (χ1) is 11.8. The number of aromatic nitrogens is 2. The van der Waals surface area contributed by atoms with E-state index in [-0.39, 0.29) is 23.9 Å². The highest BCUT2D eigenvalue weighted by atomic mass is 16.6. The van der Waals surface area contributed by atoms with E-state index in [1.807, 2.05) is 39.0 Å². The van der Waals surface area contributed by atoms with Crippen LogP contribution in [0.2, 0.25) is 0 Å². The molecule has 136 valence electrons. The third-order valence-corrected chi connectivity index (χ3v) is 4.28. The van der Waals surface area contributed by atoms with Crippen molar-refractivity contribution in [3.63, 3.8) is 0 Å². The van der Waals surface area contributed by atoms with Crippen molar-refractivity contribution in [3.8, 4) is 0 Å². The van der Waals surface area contributed by atoms with Gasteiger partial charge in [-0.25, -0.2) is 9.59 Å². The van der Waals surface area contributed by atoms with Crippen molar-refractivity contribution in [3.05, 3.63) is 28.7 Å². The molecule has 0 saturated heterocycles. The van der Waals surface area contributed by atoms with Crippen molar-refractivity contribution >= 4 is 22.8 Å². The second-order valence-corrected chi connectivity index (χ2v) is 7.69. The molecule has 1 fully saturated rings. The molecule has 1 aliphatic carbocycles. The molecule has 7 heteroatoms. The number of carbonyl (C=O) groups is 1. The van der Waals surface area contributed by atoms with E-state index in [9.17, 15) is 9.59 Å². The topological polar surface area (TPSA) is 99.0 Å². The third kappa shape index (κ3) is 4.78. The van der Waals surface area contributed by atoms with Gasteiger partial charge in [0.05, 0.1) is 11.0 Å². The molecule has 1 amide bonds. The van der Waals surface area contributed by atoms with Gasteiger partial charge in [-0.15, -0.1) is 0 Å². The Hall–Kier alpha value is -2.44. The molecular weight excluding hydrogens is 320 g/mol. The molecule has 1 aromatic carbocycles. The number of anilines is 1. The van der Waals surface area contributed by atoms with Crippen LogP contribution in [0.4, 0.5) is 10.5 Å². The number of aromatic amines is 2. The van der Waals surface area contributed by atoms with E-state index >= 15 is 0 Å². The minimum Gasteiger partial charge on any atom is -0.444 e. The number of amides is 1. The van der Waals surface area contributed by atoms with Crippen LogP contribution in [0.5, 0.6) is 0 Å². The Morgan fingerprint density at radius 2 is 1.88 bits per heavy atom. The van der Waals surface area contributed by atoms with Crippen LogP contribution in [-0.4, -0.2) is 33.7 Å². The number of alkyl carbamates (subject to hydrolysis) is 1. The first-order valence-corrected chi connectivity index (χ1v) is 8.76. The monoisotopic (exact) mass is 346 g/mol. The summed E-state index contributed by atoms with van der Waals surface area (Å²) in [4.78, 5) is 28.8. The normalized spacial score (nSPS) is 21.1. The van der Waals surface area contributed by atoms with Crippen LogP contribution in [0, 0.1) is 0 Å². The van der Waals surface area contributed by atoms with Gasteiger partial charge in [-0.3, -0.25) is 0 Å². The molecule has 0 radical (unpaired) electrons. The molecule has 1 aromatic heterocycles. The summed E-state index contributed by atoms with van der Waals surface area (Å²) in [6.07, 6.45) is 3.54. The second-order valence-electron chi connectivity index (χ2n) is 7.69. The summed E-state index contributed by atoms with van der Waals surface area (Å²) < 4.78 is 5.34. The second kappa shape index (κ2) is 6.82. The molecule has 2 atom stereocenters. The van der Waals surface area contributed by atoms with Crippen LogP contribution in [0.1, 0.15) is 46.5 Å². The Bertz CT molecular complexity index is 802. The van der Waals surface area contributed by atoms with E-state index < -0.39 is 5.60 Å². The fraction of sp³-hybridized carbons (Fsp3) is 0.556. The van der Waals surface area contributed by atoms with Crippen LogP contribution in [0.15, 0.2) is 23.0 Å². The van der Waals surface area contributed by atoms with Crippen molar-refractivity contribution in [2.75, 3.05) is 5.32 Å². The lowest BCUT2D eigenvalue weighted by atomic mass is 9.91. The zero-order valence-electron chi connectivity index (χ0n) is 14.9. The summed E-state index contributed by atoms with van der Waals surface area (Å²) in [6, 6.07) is 6.15. The Morgan fingerprint density at radius 1 is 1.16 bits per heavy atom. The van der Waals surface area contributed by atoms with E-state index in [2.05, 4.69) is 20.6 Å². The molecule has 25 heavy (non-hydrogen) atoms. The molecule has 4 N–H and O–H groups in total. The number of hydrogen-bond donors (Lipinski definition) is 4. The van der Waals surface area contributed by atoms with Gasteiger partial charge in [-0.05, 0) is 64.7 Å². The van der Waals surface area contributed by atoms with Gasteiger partial charge in [0.25, 0.3) is 0 Å². The standard InChI is InChI=1S/C18H26N4O3/c1-18(2,3)25-17(24)20-12-6-4-5-11(9-12)19-13-7-8-14-15(10-13)22-16(23)21-14/h7-8,10-12,19H,4-6,9H2,1-3H3,(H,20,24)(H2,21,22,23). The minimum absolute atomic E-state index is 0.108. The maximum Gasteiger partial charge on any atom is 0.407 e. The molecule has 1 aliphatic rings. The van der Waals surface area contributed by atoms with Crippen LogP contribution in [0.25, 0.3) is 11.0 Å². The Balaban J connectivity index is 1.59.